The number of methoxy groups -OCH3 is 1. The smallest absolute Gasteiger partial charge is 0.416 e. The number of rotatable bonds is 8. The van der Waals surface area contributed by atoms with Gasteiger partial charge in [0.1, 0.15) is 5.75 Å². The minimum absolute atomic E-state index is 0.0686. The van der Waals surface area contributed by atoms with Crippen molar-refractivity contribution < 1.29 is 37.0 Å². The highest BCUT2D eigenvalue weighted by Gasteiger charge is 2.36. The van der Waals surface area contributed by atoms with Crippen molar-refractivity contribution in [2.24, 2.45) is 11.3 Å². The van der Waals surface area contributed by atoms with E-state index < -0.39 is 35.7 Å². The molecule has 0 bridgehead atoms. The van der Waals surface area contributed by atoms with Gasteiger partial charge in [-0.1, -0.05) is 13.8 Å². The Bertz CT molecular complexity index is 610. The largest absolute Gasteiger partial charge is 0.453 e. The second kappa shape index (κ2) is 9.02. The molecule has 1 atom stereocenters. The van der Waals surface area contributed by atoms with Crippen molar-refractivity contribution in [2.45, 2.75) is 33.4 Å². The molecule has 0 aliphatic heterocycles. The standard InChI is InChI=1S/C18H23F3O5/c1-12(2)9-17(3,11-24-4)16(23)25-10-15(22)26-14-7-5-13(6-8-14)18(19,20)21/h5-8,12H,9-11H2,1-4H3. The Morgan fingerprint density at radius 3 is 2.15 bits per heavy atom. The summed E-state index contributed by atoms with van der Waals surface area (Å²) in [4.78, 5) is 24.0. The maximum Gasteiger partial charge on any atom is 0.416 e. The van der Waals surface area contributed by atoms with Crippen LogP contribution in [-0.2, 0) is 25.2 Å². The van der Waals surface area contributed by atoms with E-state index in [1.165, 1.54) is 7.11 Å². The normalized spacial score (nSPS) is 14.0. The molecule has 0 aromatic heterocycles. The van der Waals surface area contributed by atoms with Crippen molar-refractivity contribution >= 4 is 11.9 Å². The molecule has 0 aliphatic rings. The molecule has 0 amide bonds. The van der Waals surface area contributed by atoms with E-state index >= 15 is 0 Å². The average Bonchev–Trinajstić information content (AvgIpc) is 2.51. The summed E-state index contributed by atoms with van der Waals surface area (Å²) in [7, 11) is 1.46. The Balaban J connectivity index is 2.61. The highest BCUT2D eigenvalue weighted by Crippen LogP contribution is 2.30. The minimum Gasteiger partial charge on any atom is -0.453 e. The van der Waals surface area contributed by atoms with Crippen molar-refractivity contribution in [1.82, 2.24) is 0 Å². The van der Waals surface area contributed by atoms with Crippen LogP contribution in [0.5, 0.6) is 5.75 Å². The zero-order valence-corrected chi connectivity index (χ0v) is 15.2. The molecule has 5 nitrogen and oxygen atoms in total. The van der Waals surface area contributed by atoms with Crippen LogP contribution in [0.25, 0.3) is 0 Å². The molecule has 0 radical (unpaired) electrons. The zero-order valence-electron chi connectivity index (χ0n) is 15.2. The second-order valence-electron chi connectivity index (χ2n) is 6.66. The maximum atomic E-state index is 12.5. The van der Waals surface area contributed by atoms with Gasteiger partial charge in [0.15, 0.2) is 6.61 Å². The highest BCUT2D eigenvalue weighted by atomic mass is 19.4. The van der Waals surface area contributed by atoms with Gasteiger partial charge < -0.3 is 14.2 Å². The van der Waals surface area contributed by atoms with Crippen LogP contribution in [0.15, 0.2) is 24.3 Å². The first-order valence-electron chi connectivity index (χ1n) is 8.02. The van der Waals surface area contributed by atoms with E-state index in [-0.39, 0.29) is 18.3 Å². The predicted octanol–water partition coefficient (Wildman–Crippen LogP) is 3.85. The Morgan fingerprint density at radius 2 is 1.69 bits per heavy atom. The van der Waals surface area contributed by atoms with Gasteiger partial charge in [0.25, 0.3) is 0 Å². The number of hydrogen-bond donors (Lipinski definition) is 0. The summed E-state index contributed by atoms with van der Waals surface area (Å²) in [5.41, 5.74) is -1.76. The first-order chi connectivity index (χ1) is 12.0. The maximum absolute atomic E-state index is 12.5. The third-order valence-corrected chi connectivity index (χ3v) is 3.55. The van der Waals surface area contributed by atoms with Crippen LogP contribution >= 0.6 is 0 Å². The summed E-state index contributed by atoms with van der Waals surface area (Å²) in [6.45, 7) is 5.06. The van der Waals surface area contributed by atoms with Gasteiger partial charge in [-0.25, -0.2) is 4.79 Å². The van der Waals surface area contributed by atoms with Crippen molar-refractivity contribution in [3.05, 3.63) is 29.8 Å². The molecule has 146 valence electrons. The zero-order chi connectivity index (χ0) is 20.0. The summed E-state index contributed by atoms with van der Waals surface area (Å²) >= 11 is 0. The fraction of sp³-hybridized carbons (Fsp3) is 0.556. The molecule has 0 fully saturated rings. The first-order valence-corrected chi connectivity index (χ1v) is 8.02. The van der Waals surface area contributed by atoms with Crippen LogP contribution in [0.4, 0.5) is 13.2 Å². The van der Waals surface area contributed by atoms with Gasteiger partial charge in [-0.15, -0.1) is 0 Å². The molecule has 0 saturated heterocycles. The lowest BCUT2D eigenvalue weighted by atomic mass is 9.83. The number of hydrogen-bond acceptors (Lipinski definition) is 5. The van der Waals surface area contributed by atoms with Gasteiger partial charge in [0.2, 0.25) is 0 Å². The molecule has 1 unspecified atom stereocenters. The van der Waals surface area contributed by atoms with Crippen LogP contribution in [0.2, 0.25) is 0 Å². The van der Waals surface area contributed by atoms with Crippen molar-refractivity contribution in [1.29, 1.82) is 0 Å². The highest BCUT2D eigenvalue weighted by molar-refractivity contribution is 5.81. The number of carbonyl (C=O) groups excluding carboxylic acids is 2. The Hall–Kier alpha value is -2.09. The lowest BCUT2D eigenvalue weighted by molar-refractivity contribution is -0.165. The van der Waals surface area contributed by atoms with Crippen molar-refractivity contribution in [3.8, 4) is 5.75 Å². The number of esters is 2. The number of alkyl halides is 3. The second-order valence-corrected chi connectivity index (χ2v) is 6.66. The Morgan fingerprint density at radius 1 is 1.12 bits per heavy atom. The molecule has 1 aromatic carbocycles. The lowest BCUT2D eigenvalue weighted by Gasteiger charge is -2.27. The van der Waals surface area contributed by atoms with E-state index in [0.717, 1.165) is 24.3 Å². The van der Waals surface area contributed by atoms with E-state index in [4.69, 9.17) is 14.2 Å². The molecule has 1 rings (SSSR count). The molecule has 1 aromatic rings. The quantitative estimate of drug-likeness (QED) is 0.509. The fourth-order valence-corrected chi connectivity index (χ4v) is 2.59. The van der Waals surface area contributed by atoms with Gasteiger partial charge in [-0.05, 0) is 43.5 Å². The third kappa shape index (κ3) is 6.67. The summed E-state index contributed by atoms with van der Waals surface area (Å²) in [6, 6.07) is 3.65. The number of benzene rings is 1. The molecule has 0 aliphatic carbocycles. The van der Waals surface area contributed by atoms with Crippen molar-refractivity contribution in [3.63, 3.8) is 0 Å². The summed E-state index contributed by atoms with van der Waals surface area (Å²) in [5.74, 6) is -1.34. The van der Waals surface area contributed by atoms with Gasteiger partial charge in [-0.3, -0.25) is 4.79 Å². The number of ether oxygens (including phenoxy) is 3. The van der Waals surface area contributed by atoms with Crippen LogP contribution < -0.4 is 4.74 Å². The molecule has 26 heavy (non-hydrogen) atoms. The van der Waals surface area contributed by atoms with Gasteiger partial charge in [-0.2, -0.15) is 13.2 Å². The fourth-order valence-electron chi connectivity index (χ4n) is 2.59. The first kappa shape index (κ1) is 22.0. The summed E-state index contributed by atoms with van der Waals surface area (Å²) in [6.07, 6.45) is -3.96. The molecular formula is C18H23F3O5. The van der Waals surface area contributed by atoms with E-state index in [1.807, 2.05) is 13.8 Å². The molecule has 0 N–H and O–H groups in total. The lowest BCUT2D eigenvalue weighted by Crippen LogP contribution is -2.37. The van der Waals surface area contributed by atoms with E-state index in [1.54, 1.807) is 6.92 Å². The van der Waals surface area contributed by atoms with Gasteiger partial charge in [0, 0.05) is 7.11 Å². The van der Waals surface area contributed by atoms with Crippen LogP contribution in [0.1, 0.15) is 32.8 Å². The average molecular weight is 376 g/mol. The molecule has 8 heteroatoms. The van der Waals surface area contributed by atoms with Crippen molar-refractivity contribution in [2.75, 3.05) is 20.3 Å². The number of halogens is 3. The topological polar surface area (TPSA) is 61.8 Å². The third-order valence-electron chi connectivity index (χ3n) is 3.55. The number of carbonyl (C=O) groups is 2. The van der Waals surface area contributed by atoms with E-state index in [9.17, 15) is 22.8 Å². The molecule has 0 heterocycles. The molecule has 0 saturated carbocycles. The van der Waals surface area contributed by atoms with Gasteiger partial charge >= 0.3 is 18.1 Å². The molecular weight excluding hydrogens is 353 g/mol. The van der Waals surface area contributed by atoms with E-state index in [0.29, 0.717) is 6.42 Å². The van der Waals surface area contributed by atoms with Gasteiger partial charge in [0.05, 0.1) is 17.6 Å². The Kier molecular flexibility index (Phi) is 7.62. The van der Waals surface area contributed by atoms with Crippen LogP contribution in [0.3, 0.4) is 0 Å². The monoisotopic (exact) mass is 376 g/mol. The van der Waals surface area contributed by atoms with Crippen LogP contribution in [0, 0.1) is 11.3 Å². The molecule has 0 spiro atoms. The Labute approximate surface area is 150 Å². The summed E-state index contributed by atoms with van der Waals surface area (Å²) in [5, 5.41) is 0. The predicted molar refractivity (Wildman–Crippen MR) is 87.5 cm³/mol. The van der Waals surface area contributed by atoms with E-state index in [2.05, 4.69) is 0 Å². The SMILES string of the molecule is COCC(C)(CC(C)C)C(=O)OCC(=O)Oc1ccc(C(F)(F)F)cc1. The van der Waals surface area contributed by atoms with Crippen LogP contribution in [-0.4, -0.2) is 32.3 Å². The summed E-state index contributed by atoms with van der Waals surface area (Å²) < 4.78 is 52.4. The minimum atomic E-state index is -4.47.